The Hall–Kier alpha value is -2.52. The van der Waals surface area contributed by atoms with Gasteiger partial charge in [-0.1, -0.05) is 12.1 Å². The summed E-state index contributed by atoms with van der Waals surface area (Å²) in [5.74, 6) is 0.213. The van der Waals surface area contributed by atoms with Crippen LogP contribution in [0.15, 0.2) is 29.2 Å². The molecule has 2 bridgehead atoms. The molecule has 0 aromatic heterocycles. The number of nitriles is 1. The van der Waals surface area contributed by atoms with Gasteiger partial charge >= 0.3 is 0 Å². The molecule has 1 unspecified atom stereocenters. The number of nitrogens with one attached hydrogen (secondary N) is 1. The van der Waals surface area contributed by atoms with Crippen LogP contribution >= 0.6 is 0 Å². The highest BCUT2D eigenvalue weighted by Crippen LogP contribution is 2.48. The maximum absolute atomic E-state index is 13.3. The molecule has 3 aliphatic heterocycles. The second-order valence-electron chi connectivity index (χ2n) is 9.86. The number of hydrogen-bond donors (Lipinski definition) is 2. The van der Waals surface area contributed by atoms with Crippen molar-refractivity contribution in [2.75, 3.05) is 20.1 Å². The number of nitrogens with two attached hydrogens (primary N) is 1. The Balaban J connectivity index is 1.25. The van der Waals surface area contributed by atoms with E-state index in [0.29, 0.717) is 18.9 Å². The van der Waals surface area contributed by atoms with E-state index in [4.69, 9.17) is 5.73 Å². The average Bonchev–Trinajstić information content (AvgIpc) is 3.15. The van der Waals surface area contributed by atoms with Crippen molar-refractivity contribution in [3.63, 3.8) is 0 Å². The molecule has 1 aromatic rings. The normalized spacial score (nSPS) is 31.9. The van der Waals surface area contributed by atoms with Gasteiger partial charge < -0.3 is 15.5 Å². The van der Waals surface area contributed by atoms with E-state index >= 15 is 0 Å². The zero-order valence-electron chi connectivity index (χ0n) is 19.3. The van der Waals surface area contributed by atoms with Gasteiger partial charge in [-0.3, -0.25) is 14.5 Å². The SMILES string of the molecule is CNS(=O)(=O)c1cccc([C@@H](C)N2C(=O)[C@@H]3C[C@H]2CN3C[C@H](N)C(=O)N2[C@H](C#N)CC3C[C@@H]32)c1. The van der Waals surface area contributed by atoms with Crippen molar-refractivity contribution in [3.8, 4) is 6.07 Å². The van der Waals surface area contributed by atoms with Crippen LogP contribution in [-0.4, -0.2) is 85.3 Å². The lowest BCUT2D eigenvalue weighted by atomic mass is 10.1. The number of hydrogen-bond acceptors (Lipinski definition) is 7. The van der Waals surface area contributed by atoms with Crippen LogP contribution in [0.4, 0.5) is 0 Å². The third kappa shape index (κ3) is 3.69. The smallest absolute Gasteiger partial charge is 0.242 e. The first kappa shape index (κ1) is 23.2. The van der Waals surface area contributed by atoms with Crippen LogP contribution in [0.1, 0.15) is 37.8 Å². The highest BCUT2D eigenvalue weighted by atomic mass is 32.2. The average molecular weight is 487 g/mol. The van der Waals surface area contributed by atoms with Gasteiger partial charge in [0.1, 0.15) is 6.04 Å². The van der Waals surface area contributed by atoms with E-state index < -0.39 is 22.1 Å². The third-order valence-corrected chi connectivity index (χ3v) is 9.32. The number of carbonyl (C=O) groups excluding carboxylic acids is 2. The molecule has 1 aromatic carbocycles. The molecule has 182 valence electrons. The van der Waals surface area contributed by atoms with Crippen molar-refractivity contribution in [2.24, 2.45) is 11.7 Å². The monoisotopic (exact) mass is 486 g/mol. The summed E-state index contributed by atoms with van der Waals surface area (Å²) in [6.07, 6.45) is 2.34. The minimum Gasteiger partial charge on any atom is -0.330 e. The van der Waals surface area contributed by atoms with Gasteiger partial charge in [0.25, 0.3) is 0 Å². The number of fused-ring (bicyclic) bond motifs is 3. The van der Waals surface area contributed by atoms with Gasteiger partial charge in [0.15, 0.2) is 0 Å². The second kappa shape index (κ2) is 8.30. The Kier molecular flexibility index (Phi) is 5.67. The van der Waals surface area contributed by atoms with Gasteiger partial charge in [-0.15, -0.1) is 0 Å². The molecular formula is C23H30N6O4S. The molecule has 4 aliphatic rings. The van der Waals surface area contributed by atoms with Crippen molar-refractivity contribution in [2.45, 2.75) is 67.3 Å². The summed E-state index contributed by atoms with van der Waals surface area (Å²) in [7, 11) is -2.21. The maximum atomic E-state index is 13.3. The number of carbonyl (C=O) groups is 2. The highest BCUT2D eigenvalue weighted by Gasteiger charge is 2.56. The summed E-state index contributed by atoms with van der Waals surface area (Å²) in [5.41, 5.74) is 7.03. The van der Waals surface area contributed by atoms with Gasteiger partial charge in [0, 0.05) is 25.2 Å². The van der Waals surface area contributed by atoms with E-state index in [0.717, 1.165) is 18.4 Å². The first-order valence-electron chi connectivity index (χ1n) is 11.7. The van der Waals surface area contributed by atoms with Gasteiger partial charge in [0.05, 0.1) is 29.1 Å². The lowest BCUT2D eigenvalue weighted by Gasteiger charge is -2.38. The Morgan fingerprint density at radius 3 is 2.76 bits per heavy atom. The van der Waals surface area contributed by atoms with Crippen molar-refractivity contribution < 1.29 is 18.0 Å². The minimum absolute atomic E-state index is 0.0224. The number of benzene rings is 1. The molecule has 2 amide bonds. The lowest BCUT2D eigenvalue weighted by molar-refractivity contribution is -0.141. The molecule has 3 N–H and O–H groups in total. The predicted octanol–water partition coefficient (Wildman–Crippen LogP) is -0.219. The van der Waals surface area contributed by atoms with Crippen molar-refractivity contribution >= 4 is 21.8 Å². The third-order valence-electron chi connectivity index (χ3n) is 7.91. The molecule has 34 heavy (non-hydrogen) atoms. The standard InChI is InChI=1S/C23H30N6O4S/c1-13(14-4-3-5-18(7-14)34(32,33)26-2)28-17-9-21(23(28)31)27(11-17)12-19(25)22(30)29-16(10-24)6-15-8-20(15)29/h3-5,7,13,15-17,19-21,26H,6,8-9,11-12,25H2,1-2H3/t13-,15?,16+,17+,19+,20+,21+/m1/s1. The van der Waals surface area contributed by atoms with Crippen LogP contribution in [-0.2, 0) is 19.6 Å². The highest BCUT2D eigenvalue weighted by molar-refractivity contribution is 7.89. The summed E-state index contributed by atoms with van der Waals surface area (Å²) < 4.78 is 26.7. The van der Waals surface area contributed by atoms with Crippen molar-refractivity contribution in [1.29, 1.82) is 5.26 Å². The van der Waals surface area contributed by atoms with Gasteiger partial charge in [-0.2, -0.15) is 5.26 Å². The minimum atomic E-state index is -3.58. The quantitative estimate of drug-likeness (QED) is 0.543. The Bertz CT molecular complexity index is 1170. The Morgan fingerprint density at radius 1 is 1.32 bits per heavy atom. The van der Waals surface area contributed by atoms with E-state index in [9.17, 15) is 23.3 Å². The summed E-state index contributed by atoms with van der Waals surface area (Å²) in [5, 5.41) is 9.38. The maximum Gasteiger partial charge on any atom is 0.242 e. The first-order valence-corrected chi connectivity index (χ1v) is 13.2. The van der Waals surface area contributed by atoms with Gasteiger partial charge in [-0.25, -0.2) is 13.1 Å². The number of piperazine rings is 1. The number of amides is 2. The van der Waals surface area contributed by atoms with E-state index in [-0.39, 0.29) is 47.4 Å². The van der Waals surface area contributed by atoms with E-state index in [2.05, 4.69) is 10.8 Å². The summed E-state index contributed by atoms with van der Waals surface area (Å²) >= 11 is 0. The molecule has 0 radical (unpaired) electrons. The zero-order valence-corrected chi connectivity index (χ0v) is 20.1. The molecule has 0 spiro atoms. The molecule has 3 saturated heterocycles. The molecule has 7 atom stereocenters. The number of sulfonamides is 1. The number of nitrogens with zero attached hydrogens (tertiary/aromatic N) is 4. The van der Waals surface area contributed by atoms with Gasteiger partial charge in [0.2, 0.25) is 21.8 Å². The summed E-state index contributed by atoms with van der Waals surface area (Å²) in [4.78, 5) is 31.9. The molecule has 5 rings (SSSR count). The van der Waals surface area contributed by atoms with Crippen LogP contribution < -0.4 is 10.5 Å². The molecule has 1 aliphatic carbocycles. The Labute approximate surface area is 199 Å². The first-order chi connectivity index (χ1) is 16.2. The number of piperidine rings is 1. The van der Waals surface area contributed by atoms with Crippen molar-refractivity contribution in [3.05, 3.63) is 29.8 Å². The van der Waals surface area contributed by atoms with Crippen molar-refractivity contribution in [1.82, 2.24) is 19.4 Å². The fraction of sp³-hybridized carbons (Fsp3) is 0.609. The lowest BCUT2D eigenvalue weighted by Crippen LogP contribution is -2.57. The van der Waals surface area contributed by atoms with Crippen LogP contribution in [0.2, 0.25) is 0 Å². The Morgan fingerprint density at radius 2 is 2.09 bits per heavy atom. The van der Waals surface area contributed by atoms with Crippen LogP contribution in [0, 0.1) is 17.2 Å². The molecule has 4 fully saturated rings. The summed E-state index contributed by atoms with van der Waals surface area (Å²) in [6.45, 7) is 2.81. The molecule has 3 heterocycles. The zero-order chi connectivity index (χ0) is 24.4. The predicted molar refractivity (Wildman–Crippen MR) is 122 cm³/mol. The van der Waals surface area contributed by atoms with Crippen LogP contribution in [0.5, 0.6) is 0 Å². The second-order valence-corrected chi connectivity index (χ2v) is 11.7. The van der Waals surface area contributed by atoms with Gasteiger partial charge in [-0.05, 0) is 56.8 Å². The number of rotatable bonds is 7. The van der Waals surface area contributed by atoms with E-state index in [1.165, 1.54) is 13.1 Å². The fourth-order valence-electron chi connectivity index (χ4n) is 6.03. The topological polar surface area (TPSA) is 140 Å². The van der Waals surface area contributed by atoms with Crippen LogP contribution in [0.3, 0.4) is 0 Å². The van der Waals surface area contributed by atoms with E-state index in [1.54, 1.807) is 17.0 Å². The molecule has 1 saturated carbocycles. The van der Waals surface area contributed by atoms with E-state index in [1.807, 2.05) is 22.8 Å². The number of likely N-dealkylation sites (tertiary alicyclic amines) is 3. The molecule has 11 heteroatoms. The molecular weight excluding hydrogens is 456 g/mol. The van der Waals surface area contributed by atoms with Crippen LogP contribution in [0.25, 0.3) is 0 Å². The largest absolute Gasteiger partial charge is 0.330 e. The fourth-order valence-corrected chi connectivity index (χ4v) is 6.81. The summed E-state index contributed by atoms with van der Waals surface area (Å²) in [6, 6.07) is 7.23. The molecule has 10 nitrogen and oxygen atoms in total.